The molecule has 0 aromatic heterocycles. The quantitative estimate of drug-likeness (QED) is 0.740. The third kappa shape index (κ3) is 5.70. The highest BCUT2D eigenvalue weighted by Gasteiger charge is 2.24. The van der Waals surface area contributed by atoms with Crippen LogP contribution in [0.25, 0.3) is 0 Å². The van der Waals surface area contributed by atoms with Crippen LogP contribution in [-0.2, 0) is 9.53 Å². The van der Waals surface area contributed by atoms with Crippen molar-refractivity contribution < 1.29 is 9.53 Å². The van der Waals surface area contributed by atoms with E-state index in [0.717, 1.165) is 6.54 Å². The predicted molar refractivity (Wildman–Crippen MR) is 94.9 cm³/mol. The molecule has 0 bridgehead atoms. The van der Waals surface area contributed by atoms with E-state index in [0.29, 0.717) is 25.0 Å². The molecule has 6 heteroatoms. The highest BCUT2D eigenvalue weighted by atomic mass is 35.5. The zero-order valence-corrected chi connectivity index (χ0v) is 15.3. The summed E-state index contributed by atoms with van der Waals surface area (Å²) in [7, 11) is 0. The Morgan fingerprint density at radius 1 is 1.48 bits per heavy atom. The summed E-state index contributed by atoms with van der Waals surface area (Å²) in [5.41, 5.74) is 0. The SMILES string of the molecule is C[C@H](COC1=CC=C[C@H](Cl)[C@H]1Cl)NC(=O)CN1CCCC[C@@H]1C. The van der Waals surface area contributed by atoms with Gasteiger partial charge in [0.25, 0.3) is 0 Å². The van der Waals surface area contributed by atoms with Gasteiger partial charge in [-0.15, -0.1) is 23.2 Å². The van der Waals surface area contributed by atoms with Crippen molar-refractivity contribution in [3.05, 3.63) is 24.0 Å². The van der Waals surface area contributed by atoms with Gasteiger partial charge in [-0.05, 0) is 39.3 Å². The van der Waals surface area contributed by atoms with Crippen LogP contribution in [0.2, 0.25) is 0 Å². The zero-order chi connectivity index (χ0) is 16.8. The third-order valence-corrected chi connectivity index (χ3v) is 5.31. The van der Waals surface area contributed by atoms with Crippen LogP contribution >= 0.6 is 23.2 Å². The monoisotopic (exact) mass is 360 g/mol. The summed E-state index contributed by atoms with van der Waals surface area (Å²) in [5.74, 6) is 0.699. The van der Waals surface area contributed by atoms with Crippen LogP contribution in [0.3, 0.4) is 0 Å². The van der Waals surface area contributed by atoms with Crippen molar-refractivity contribution in [3.8, 4) is 0 Å². The second-order valence-electron chi connectivity index (χ2n) is 6.39. The number of halogens is 2. The Kier molecular flexibility index (Phi) is 7.25. The van der Waals surface area contributed by atoms with Gasteiger partial charge in [0.15, 0.2) is 0 Å². The largest absolute Gasteiger partial charge is 0.494 e. The van der Waals surface area contributed by atoms with Crippen LogP contribution < -0.4 is 5.32 Å². The summed E-state index contributed by atoms with van der Waals surface area (Å²) in [6.45, 7) is 5.96. The van der Waals surface area contributed by atoms with Gasteiger partial charge in [-0.3, -0.25) is 9.69 Å². The lowest BCUT2D eigenvalue weighted by molar-refractivity contribution is -0.124. The van der Waals surface area contributed by atoms with Gasteiger partial charge in [-0.25, -0.2) is 0 Å². The van der Waals surface area contributed by atoms with Crippen molar-refractivity contribution in [1.82, 2.24) is 10.2 Å². The van der Waals surface area contributed by atoms with Crippen molar-refractivity contribution >= 4 is 29.1 Å². The Labute approximate surface area is 148 Å². The fraction of sp³-hybridized carbons (Fsp3) is 0.706. The molecule has 4 nitrogen and oxygen atoms in total. The van der Waals surface area contributed by atoms with Crippen LogP contribution in [0.4, 0.5) is 0 Å². The number of nitrogens with one attached hydrogen (secondary N) is 1. The van der Waals surface area contributed by atoms with E-state index in [1.54, 1.807) is 0 Å². The summed E-state index contributed by atoms with van der Waals surface area (Å²) in [6, 6.07) is 0.407. The van der Waals surface area contributed by atoms with Crippen molar-refractivity contribution in [2.75, 3.05) is 19.7 Å². The molecule has 0 aromatic rings. The zero-order valence-electron chi connectivity index (χ0n) is 13.8. The van der Waals surface area contributed by atoms with Crippen LogP contribution in [0.5, 0.6) is 0 Å². The molecule has 0 spiro atoms. The van der Waals surface area contributed by atoms with Gasteiger partial charge in [0.1, 0.15) is 17.7 Å². The smallest absolute Gasteiger partial charge is 0.234 e. The van der Waals surface area contributed by atoms with E-state index in [1.165, 1.54) is 19.3 Å². The third-order valence-electron chi connectivity index (χ3n) is 4.30. The summed E-state index contributed by atoms with van der Waals surface area (Å²) in [4.78, 5) is 14.4. The summed E-state index contributed by atoms with van der Waals surface area (Å²) in [5, 5.41) is 2.36. The molecule has 1 aliphatic heterocycles. The number of likely N-dealkylation sites (tertiary alicyclic amines) is 1. The van der Waals surface area contributed by atoms with E-state index >= 15 is 0 Å². The van der Waals surface area contributed by atoms with Gasteiger partial charge in [0.05, 0.1) is 18.0 Å². The topological polar surface area (TPSA) is 41.6 Å². The molecule has 1 heterocycles. The number of ether oxygens (including phenoxy) is 1. The fourth-order valence-corrected chi connectivity index (χ4v) is 3.32. The Morgan fingerprint density at radius 3 is 3.00 bits per heavy atom. The van der Waals surface area contributed by atoms with Crippen LogP contribution in [-0.4, -0.2) is 53.3 Å². The number of piperidine rings is 1. The molecular formula is C17H26Cl2N2O2. The molecule has 4 atom stereocenters. The number of nitrogens with zero attached hydrogens (tertiary/aromatic N) is 1. The van der Waals surface area contributed by atoms with E-state index in [1.807, 2.05) is 25.2 Å². The average molecular weight is 361 g/mol. The van der Waals surface area contributed by atoms with E-state index in [-0.39, 0.29) is 22.7 Å². The first kappa shape index (κ1) is 18.6. The number of carbonyl (C=O) groups excluding carboxylic acids is 1. The summed E-state index contributed by atoms with van der Waals surface area (Å²) >= 11 is 12.3. The van der Waals surface area contributed by atoms with Gasteiger partial charge in [-0.1, -0.05) is 18.6 Å². The van der Waals surface area contributed by atoms with Gasteiger partial charge in [-0.2, -0.15) is 0 Å². The van der Waals surface area contributed by atoms with E-state index in [9.17, 15) is 4.79 Å². The molecule has 130 valence electrons. The van der Waals surface area contributed by atoms with E-state index in [4.69, 9.17) is 27.9 Å². The molecule has 0 saturated carbocycles. The summed E-state index contributed by atoms with van der Waals surface area (Å²) in [6.07, 6.45) is 9.09. The number of rotatable bonds is 6. The van der Waals surface area contributed by atoms with E-state index in [2.05, 4.69) is 17.1 Å². The van der Waals surface area contributed by atoms with Crippen LogP contribution in [0, 0.1) is 0 Å². The highest BCUT2D eigenvalue weighted by Crippen LogP contribution is 2.24. The lowest BCUT2D eigenvalue weighted by Gasteiger charge is -2.33. The number of alkyl halides is 2. The maximum Gasteiger partial charge on any atom is 0.234 e. The second kappa shape index (κ2) is 8.95. The molecule has 0 aromatic carbocycles. The highest BCUT2D eigenvalue weighted by molar-refractivity contribution is 6.32. The lowest BCUT2D eigenvalue weighted by Crippen LogP contribution is -2.47. The Bertz CT molecular complexity index is 468. The summed E-state index contributed by atoms with van der Waals surface area (Å²) < 4.78 is 5.70. The molecule has 23 heavy (non-hydrogen) atoms. The Balaban J connectivity index is 1.71. The number of allylic oxidation sites excluding steroid dienone is 4. The first-order valence-electron chi connectivity index (χ1n) is 8.30. The molecule has 1 aliphatic carbocycles. The van der Waals surface area contributed by atoms with Gasteiger partial charge in [0.2, 0.25) is 5.91 Å². The van der Waals surface area contributed by atoms with Gasteiger partial charge < -0.3 is 10.1 Å². The maximum atomic E-state index is 12.2. The minimum absolute atomic E-state index is 0.0463. The minimum atomic E-state index is -0.362. The molecule has 1 amide bonds. The van der Waals surface area contributed by atoms with Crippen LogP contribution in [0.1, 0.15) is 33.1 Å². The Hall–Kier alpha value is -0.710. The lowest BCUT2D eigenvalue weighted by atomic mass is 10.0. The molecule has 1 fully saturated rings. The fourth-order valence-electron chi connectivity index (χ4n) is 2.89. The first-order valence-corrected chi connectivity index (χ1v) is 9.17. The molecule has 1 N–H and O–H groups in total. The predicted octanol–water partition coefficient (Wildman–Crippen LogP) is 3.05. The number of hydrogen-bond acceptors (Lipinski definition) is 3. The van der Waals surface area contributed by atoms with Gasteiger partial charge >= 0.3 is 0 Å². The number of amides is 1. The van der Waals surface area contributed by atoms with Crippen molar-refractivity contribution in [3.63, 3.8) is 0 Å². The van der Waals surface area contributed by atoms with Crippen LogP contribution in [0.15, 0.2) is 24.0 Å². The maximum absolute atomic E-state index is 12.2. The molecule has 2 rings (SSSR count). The van der Waals surface area contributed by atoms with Crippen molar-refractivity contribution in [2.45, 2.75) is 55.9 Å². The number of carbonyl (C=O) groups is 1. The van der Waals surface area contributed by atoms with Crippen molar-refractivity contribution in [1.29, 1.82) is 0 Å². The molecule has 2 aliphatic rings. The molecule has 0 radical (unpaired) electrons. The number of hydrogen-bond donors (Lipinski definition) is 1. The van der Waals surface area contributed by atoms with Crippen molar-refractivity contribution in [2.24, 2.45) is 0 Å². The Morgan fingerprint density at radius 2 is 2.26 bits per heavy atom. The second-order valence-corrected chi connectivity index (χ2v) is 7.37. The minimum Gasteiger partial charge on any atom is -0.494 e. The van der Waals surface area contributed by atoms with Gasteiger partial charge in [0, 0.05) is 6.04 Å². The molecular weight excluding hydrogens is 335 g/mol. The average Bonchev–Trinajstić information content (AvgIpc) is 2.51. The molecule has 0 unspecified atom stereocenters. The van der Waals surface area contributed by atoms with E-state index < -0.39 is 0 Å². The first-order chi connectivity index (χ1) is 11.0. The normalized spacial score (nSPS) is 29.7. The standard InChI is InChI=1S/C17H26Cl2N2O2/c1-12(11-23-15-8-5-7-14(18)17(15)19)20-16(22)10-21-9-4-3-6-13(21)2/h5,7-8,12-14,17H,3-4,6,9-11H2,1-2H3,(H,20,22)/t12-,13+,14+,17-/m1/s1. The molecule has 1 saturated heterocycles.